The first-order valence-corrected chi connectivity index (χ1v) is 8.13. The molecule has 2 amide bonds. The minimum atomic E-state index is -1.28. The zero-order valence-electron chi connectivity index (χ0n) is 11.8. The molecular weight excluding hydrogens is 336 g/mol. The van der Waals surface area contributed by atoms with Crippen LogP contribution in [0, 0.1) is 0 Å². The van der Waals surface area contributed by atoms with Gasteiger partial charge >= 0.3 is 55.7 Å². The normalized spacial score (nSPS) is 27.2. The Morgan fingerprint density at radius 3 is 2.82 bits per heavy atom. The van der Waals surface area contributed by atoms with E-state index in [0.717, 1.165) is 18.6 Å². The van der Waals surface area contributed by atoms with Gasteiger partial charge in [-0.2, -0.15) is 11.8 Å². The van der Waals surface area contributed by atoms with Crippen LogP contribution in [-0.4, -0.2) is 90.0 Å². The molecule has 22 heavy (non-hydrogen) atoms. The molecule has 0 aromatic carbocycles. The second-order valence-corrected chi connectivity index (χ2v) is 6.61. The third kappa shape index (κ3) is 5.56. The number of amides is 2. The average molecular weight is 358 g/mol. The summed E-state index contributed by atoms with van der Waals surface area (Å²) >= 11 is 1.83. The van der Waals surface area contributed by atoms with Crippen LogP contribution in [0.1, 0.15) is 32.6 Å². The van der Waals surface area contributed by atoms with Crippen molar-refractivity contribution in [2.24, 2.45) is 0 Å². The molecule has 2 fully saturated rings. The van der Waals surface area contributed by atoms with E-state index >= 15 is 0 Å². The molecule has 0 radical (unpaired) electrons. The summed E-state index contributed by atoms with van der Waals surface area (Å²) in [6.45, 7) is 1.26. The summed E-state index contributed by atoms with van der Waals surface area (Å²) in [4.78, 5) is 33.6. The van der Waals surface area contributed by atoms with Crippen molar-refractivity contribution in [3.63, 3.8) is 0 Å². The van der Waals surface area contributed by atoms with E-state index in [2.05, 4.69) is 15.4 Å². The first-order valence-electron chi connectivity index (χ1n) is 7.08. The van der Waals surface area contributed by atoms with Gasteiger partial charge in [0.15, 0.2) is 0 Å². The molecule has 1 unspecified atom stereocenters. The van der Waals surface area contributed by atoms with Crippen LogP contribution in [0.15, 0.2) is 0 Å². The molecule has 2 rings (SSSR count). The van der Waals surface area contributed by atoms with Crippen molar-refractivity contribution in [2.45, 2.75) is 56.0 Å². The van der Waals surface area contributed by atoms with Gasteiger partial charge in [0.05, 0.1) is 12.1 Å². The maximum absolute atomic E-state index is 11.4. The average Bonchev–Trinajstić information content (AvgIpc) is 2.94. The van der Waals surface area contributed by atoms with Crippen molar-refractivity contribution in [1.82, 2.24) is 10.6 Å². The van der Waals surface area contributed by atoms with E-state index < -0.39 is 18.0 Å². The number of fused-ring (bicyclic) bond motifs is 1. The number of ether oxygens (including phenoxy) is 1. The zero-order valence-corrected chi connectivity index (χ0v) is 12.6. The van der Waals surface area contributed by atoms with Crippen LogP contribution in [0.3, 0.4) is 0 Å². The number of carbonyl (C=O) groups is 3. The number of thioether (sulfide) groups is 1. The number of unbranched alkanes of at least 4 members (excludes halogenated alkanes) is 1. The molecule has 2 aliphatic heterocycles. The van der Waals surface area contributed by atoms with Crippen LogP contribution in [0.5, 0.6) is 0 Å². The summed E-state index contributed by atoms with van der Waals surface area (Å²) in [5, 5.41) is 15.1. The van der Waals surface area contributed by atoms with E-state index in [1.54, 1.807) is 0 Å². The van der Waals surface area contributed by atoms with Gasteiger partial charge in [-0.3, -0.25) is 4.79 Å². The second kappa shape index (κ2) is 9.32. The van der Waals surface area contributed by atoms with Gasteiger partial charge in [0, 0.05) is 17.4 Å². The number of urea groups is 1. The van der Waals surface area contributed by atoms with Crippen LogP contribution in [0.2, 0.25) is 0 Å². The Labute approximate surface area is 163 Å². The van der Waals surface area contributed by atoms with Gasteiger partial charge in [-0.15, -0.1) is 0 Å². The van der Waals surface area contributed by atoms with Crippen LogP contribution in [0.25, 0.3) is 0 Å². The summed E-state index contributed by atoms with van der Waals surface area (Å²) in [5.41, 5.74) is 0. The van der Waals surface area contributed by atoms with Crippen molar-refractivity contribution >= 4 is 67.5 Å². The molecule has 2 heterocycles. The Hall–Kier alpha value is -0.0203. The van der Waals surface area contributed by atoms with Gasteiger partial charge in [-0.05, 0) is 19.8 Å². The summed E-state index contributed by atoms with van der Waals surface area (Å²) in [5.74, 6) is -0.596. The van der Waals surface area contributed by atoms with Crippen LogP contribution >= 0.6 is 11.8 Å². The van der Waals surface area contributed by atoms with Gasteiger partial charge < -0.3 is 20.5 Å². The fourth-order valence-electron chi connectivity index (χ4n) is 2.51. The van der Waals surface area contributed by atoms with E-state index in [-0.39, 0.29) is 62.3 Å². The number of rotatable bonds is 6. The van der Waals surface area contributed by atoms with Crippen molar-refractivity contribution < 1.29 is 24.2 Å². The first kappa shape index (κ1) is 20.0. The van der Waals surface area contributed by atoms with Crippen molar-refractivity contribution in [3.05, 3.63) is 0 Å². The van der Waals surface area contributed by atoms with E-state index in [1.165, 1.54) is 6.92 Å². The van der Waals surface area contributed by atoms with Crippen LogP contribution in [0.4, 0.5) is 4.79 Å². The molecule has 4 atom stereocenters. The van der Waals surface area contributed by atoms with Crippen LogP contribution in [-0.2, 0) is 14.3 Å². The Morgan fingerprint density at radius 1 is 1.41 bits per heavy atom. The number of aliphatic hydroxyl groups excluding tert-OH is 1. The summed E-state index contributed by atoms with van der Waals surface area (Å²) < 4.78 is 4.47. The molecule has 3 N–H and O–H groups in total. The third-order valence-corrected chi connectivity index (χ3v) is 5.12. The molecule has 0 aliphatic carbocycles. The Morgan fingerprint density at radius 2 is 2.14 bits per heavy atom. The van der Waals surface area contributed by atoms with Gasteiger partial charge in [0.25, 0.3) is 0 Å². The molecule has 2 aliphatic rings. The summed E-state index contributed by atoms with van der Waals surface area (Å²) in [6, 6.07) is 0.280. The topological polar surface area (TPSA) is 105 Å². The van der Waals surface area contributed by atoms with E-state index in [1.807, 2.05) is 11.8 Å². The monoisotopic (exact) mass is 358 g/mol. The molecule has 7 nitrogen and oxygen atoms in total. The second-order valence-electron chi connectivity index (χ2n) is 5.34. The SMILES string of the molecule is CC(O)C(=O)OC(=O)CCCC[C@@H]1SC[C@@H]2NC(=O)N[C@@H]21.[CaH2]. The summed E-state index contributed by atoms with van der Waals surface area (Å²) in [6.07, 6.45) is 1.25. The number of nitrogens with one attached hydrogen (secondary N) is 2. The van der Waals surface area contributed by atoms with Crippen molar-refractivity contribution in [2.75, 3.05) is 5.75 Å². The van der Waals surface area contributed by atoms with Crippen molar-refractivity contribution in [3.8, 4) is 0 Å². The molecule has 0 spiro atoms. The Bertz CT molecular complexity index is 435. The quantitative estimate of drug-likeness (QED) is 0.190. The number of esters is 2. The van der Waals surface area contributed by atoms with Gasteiger partial charge in [0.1, 0.15) is 6.10 Å². The van der Waals surface area contributed by atoms with E-state index in [4.69, 9.17) is 5.11 Å². The van der Waals surface area contributed by atoms with E-state index in [9.17, 15) is 14.4 Å². The molecule has 9 heteroatoms. The first-order chi connectivity index (χ1) is 9.97. The van der Waals surface area contributed by atoms with Crippen LogP contribution < -0.4 is 10.6 Å². The van der Waals surface area contributed by atoms with E-state index in [0.29, 0.717) is 11.7 Å². The Balaban J connectivity index is 0.00000242. The molecule has 0 saturated carbocycles. The molecule has 0 bridgehead atoms. The van der Waals surface area contributed by atoms with Gasteiger partial charge in [-0.25, -0.2) is 9.59 Å². The summed E-state index contributed by atoms with van der Waals surface area (Å²) in [7, 11) is 0. The van der Waals surface area contributed by atoms with Gasteiger partial charge in [0.2, 0.25) is 0 Å². The fraction of sp³-hybridized carbons (Fsp3) is 0.769. The zero-order chi connectivity index (χ0) is 15.4. The Kier molecular flexibility index (Phi) is 8.48. The fourth-order valence-corrected chi connectivity index (χ4v) is 4.05. The molecule has 0 aromatic rings. The number of aliphatic hydroxyl groups is 1. The number of carbonyl (C=O) groups excluding carboxylic acids is 3. The molecule has 122 valence electrons. The number of hydrogen-bond acceptors (Lipinski definition) is 6. The predicted octanol–water partition coefficient (Wildman–Crippen LogP) is -0.753. The standard InChI is InChI=1S/C13H20N2O5S.Ca.2H/c1-7(16)12(18)20-10(17)5-3-2-4-9-11-8(6-21-9)14-13(19)15-11;;;/h7-9,11,16H,2-6H2,1H3,(H2,14,15,19);;;/t7?,8-,9-,11-;;;/m0.../s1. The van der Waals surface area contributed by atoms with Crippen molar-refractivity contribution in [1.29, 1.82) is 0 Å². The molecule has 2 saturated heterocycles. The number of hydrogen-bond donors (Lipinski definition) is 3. The third-order valence-electron chi connectivity index (χ3n) is 3.61. The molecule has 0 aromatic heterocycles. The predicted molar refractivity (Wildman–Crippen MR) is 85.3 cm³/mol. The maximum atomic E-state index is 11.4. The molecular formula is C13H22CaN2O5S. The van der Waals surface area contributed by atoms with Gasteiger partial charge in [-0.1, -0.05) is 6.42 Å². The minimum absolute atomic E-state index is 0.